The van der Waals surface area contributed by atoms with Gasteiger partial charge in [0.15, 0.2) is 5.13 Å². The van der Waals surface area contributed by atoms with Crippen molar-refractivity contribution in [2.45, 2.75) is 13.3 Å². The molecule has 30 heavy (non-hydrogen) atoms. The average molecular weight is 420 g/mol. The molecule has 0 unspecified atom stereocenters. The normalized spacial score (nSPS) is 10.9. The lowest BCUT2D eigenvalue weighted by Crippen LogP contribution is -2.13. The molecule has 0 saturated heterocycles. The Bertz CT molecular complexity index is 1080. The predicted molar refractivity (Wildman–Crippen MR) is 119 cm³/mol. The molecule has 0 atom stereocenters. The third-order valence-electron chi connectivity index (χ3n) is 4.16. The van der Waals surface area contributed by atoms with E-state index in [0.29, 0.717) is 23.1 Å². The Hall–Kier alpha value is -3.63. The summed E-state index contributed by atoms with van der Waals surface area (Å²) in [5.74, 6) is 0.879. The molecule has 7 heteroatoms. The van der Waals surface area contributed by atoms with Crippen molar-refractivity contribution >= 4 is 28.5 Å². The number of methoxy groups -OCH3 is 1. The van der Waals surface area contributed by atoms with E-state index in [0.717, 1.165) is 23.4 Å². The number of anilines is 1. The number of amides is 1. The molecule has 152 valence electrons. The molecule has 2 aromatic carbocycles. The van der Waals surface area contributed by atoms with Gasteiger partial charge in [0.25, 0.3) is 5.91 Å². The number of ether oxygens (including phenoxy) is 2. The number of hydrogen-bond donors (Lipinski definition) is 1. The summed E-state index contributed by atoms with van der Waals surface area (Å²) in [7, 11) is 1.61. The predicted octanol–water partition coefficient (Wildman–Crippen LogP) is 5.15. The number of nitrogens with zero attached hydrogens (tertiary/aromatic N) is 2. The van der Waals surface area contributed by atoms with Crippen LogP contribution in [0.25, 0.3) is 17.3 Å². The van der Waals surface area contributed by atoms with Gasteiger partial charge in [-0.3, -0.25) is 10.1 Å². The summed E-state index contributed by atoms with van der Waals surface area (Å²) in [6.07, 6.45) is 2.39. The molecule has 1 amide bonds. The molecule has 0 radical (unpaired) electrons. The summed E-state index contributed by atoms with van der Waals surface area (Å²) in [4.78, 5) is 17.1. The Morgan fingerprint density at radius 3 is 2.70 bits per heavy atom. The summed E-state index contributed by atoms with van der Waals surface area (Å²) in [6.45, 7) is 2.58. The van der Waals surface area contributed by atoms with Crippen molar-refractivity contribution in [1.29, 1.82) is 5.26 Å². The fraction of sp³-hybridized carbons (Fsp3) is 0.174. The molecule has 6 nitrogen and oxygen atoms in total. The van der Waals surface area contributed by atoms with Crippen LogP contribution in [0.2, 0.25) is 0 Å². The van der Waals surface area contributed by atoms with E-state index in [2.05, 4.69) is 10.3 Å². The first-order valence-corrected chi connectivity index (χ1v) is 10.3. The zero-order valence-electron chi connectivity index (χ0n) is 16.7. The van der Waals surface area contributed by atoms with Crippen LogP contribution in [0.15, 0.2) is 59.5 Å². The molecule has 0 aliphatic carbocycles. The van der Waals surface area contributed by atoms with Crippen molar-refractivity contribution < 1.29 is 14.3 Å². The second-order valence-electron chi connectivity index (χ2n) is 6.28. The lowest BCUT2D eigenvalue weighted by atomic mass is 10.1. The highest BCUT2D eigenvalue weighted by molar-refractivity contribution is 7.14. The second-order valence-corrected chi connectivity index (χ2v) is 7.13. The third-order valence-corrected chi connectivity index (χ3v) is 4.91. The van der Waals surface area contributed by atoms with Crippen LogP contribution in [-0.4, -0.2) is 24.6 Å². The molecule has 1 aromatic heterocycles. The Labute approximate surface area is 179 Å². The Morgan fingerprint density at radius 1 is 1.23 bits per heavy atom. The molecule has 0 saturated carbocycles. The quantitative estimate of drug-likeness (QED) is 0.403. The zero-order chi connectivity index (χ0) is 21.3. The number of carbonyl (C=O) groups excluding carboxylic acids is 1. The van der Waals surface area contributed by atoms with Crippen molar-refractivity contribution in [2.75, 3.05) is 19.0 Å². The van der Waals surface area contributed by atoms with E-state index < -0.39 is 5.91 Å². The zero-order valence-corrected chi connectivity index (χ0v) is 17.5. The van der Waals surface area contributed by atoms with E-state index in [9.17, 15) is 10.1 Å². The third kappa shape index (κ3) is 5.25. The van der Waals surface area contributed by atoms with E-state index in [-0.39, 0.29) is 5.57 Å². The summed E-state index contributed by atoms with van der Waals surface area (Å²) in [6, 6.07) is 16.8. The van der Waals surface area contributed by atoms with Gasteiger partial charge in [-0.05, 0) is 42.8 Å². The maximum Gasteiger partial charge on any atom is 0.268 e. The minimum absolute atomic E-state index is 0.0243. The topological polar surface area (TPSA) is 84.2 Å². The molecule has 0 bridgehead atoms. The highest BCUT2D eigenvalue weighted by atomic mass is 32.1. The standard InChI is InChI=1S/C23H21N3O3S/c1-3-12-29-21-7-5-4-6-17(21)13-18(14-24)22(27)26-23-25-20(15-30-23)16-8-10-19(28-2)11-9-16/h4-11,13,15H,3,12H2,1-2H3,(H,25,26,27)/b18-13+. The van der Waals surface area contributed by atoms with Crippen molar-refractivity contribution in [3.05, 3.63) is 65.0 Å². The average Bonchev–Trinajstić information content (AvgIpc) is 3.25. The van der Waals surface area contributed by atoms with Crippen molar-refractivity contribution in [3.8, 4) is 28.8 Å². The van der Waals surface area contributed by atoms with E-state index in [1.165, 1.54) is 17.4 Å². The molecule has 1 N–H and O–H groups in total. The van der Waals surface area contributed by atoms with Crippen LogP contribution in [0.5, 0.6) is 11.5 Å². The van der Waals surface area contributed by atoms with Gasteiger partial charge in [0.1, 0.15) is 23.1 Å². The first-order valence-electron chi connectivity index (χ1n) is 9.39. The Morgan fingerprint density at radius 2 is 2.00 bits per heavy atom. The van der Waals surface area contributed by atoms with Crippen molar-refractivity contribution in [2.24, 2.45) is 0 Å². The maximum absolute atomic E-state index is 12.6. The minimum atomic E-state index is -0.515. The van der Waals surface area contributed by atoms with Crippen molar-refractivity contribution in [1.82, 2.24) is 4.98 Å². The van der Waals surface area contributed by atoms with Crippen LogP contribution in [0, 0.1) is 11.3 Å². The van der Waals surface area contributed by atoms with Gasteiger partial charge in [-0.1, -0.05) is 25.1 Å². The van der Waals surface area contributed by atoms with Gasteiger partial charge in [-0.2, -0.15) is 5.26 Å². The number of aromatic nitrogens is 1. The molecule has 0 fully saturated rings. The van der Waals surface area contributed by atoms with Gasteiger partial charge >= 0.3 is 0 Å². The molecule has 3 rings (SSSR count). The Kier molecular flexibility index (Phi) is 7.19. The highest BCUT2D eigenvalue weighted by Gasteiger charge is 2.14. The van der Waals surface area contributed by atoms with Gasteiger partial charge in [-0.25, -0.2) is 4.98 Å². The van der Waals surface area contributed by atoms with Gasteiger partial charge in [0, 0.05) is 16.5 Å². The summed E-state index contributed by atoms with van der Waals surface area (Å²) >= 11 is 1.30. The molecule has 0 aliphatic rings. The van der Waals surface area contributed by atoms with Gasteiger partial charge in [-0.15, -0.1) is 11.3 Å². The van der Waals surface area contributed by atoms with Crippen LogP contribution < -0.4 is 14.8 Å². The van der Waals surface area contributed by atoms with Gasteiger partial charge in [0.2, 0.25) is 0 Å². The van der Waals surface area contributed by atoms with Crippen LogP contribution in [-0.2, 0) is 4.79 Å². The number of carbonyl (C=O) groups is 1. The maximum atomic E-state index is 12.6. The van der Waals surface area contributed by atoms with E-state index in [4.69, 9.17) is 9.47 Å². The molecular formula is C23H21N3O3S. The first kappa shape index (κ1) is 21.1. The van der Waals surface area contributed by atoms with Crippen LogP contribution >= 0.6 is 11.3 Å². The van der Waals surface area contributed by atoms with E-state index >= 15 is 0 Å². The fourth-order valence-corrected chi connectivity index (χ4v) is 3.35. The second kappa shape index (κ2) is 10.2. The smallest absolute Gasteiger partial charge is 0.268 e. The highest BCUT2D eigenvalue weighted by Crippen LogP contribution is 2.27. The molecule has 1 heterocycles. The Balaban J connectivity index is 1.75. The van der Waals surface area contributed by atoms with Crippen LogP contribution in [0.1, 0.15) is 18.9 Å². The first-order chi connectivity index (χ1) is 14.6. The largest absolute Gasteiger partial charge is 0.497 e. The molecular weight excluding hydrogens is 398 g/mol. The summed E-state index contributed by atoms with van der Waals surface area (Å²) in [5.41, 5.74) is 2.30. The minimum Gasteiger partial charge on any atom is -0.497 e. The lowest BCUT2D eigenvalue weighted by Gasteiger charge is -2.08. The van der Waals surface area contributed by atoms with Crippen LogP contribution in [0.3, 0.4) is 0 Å². The number of hydrogen-bond acceptors (Lipinski definition) is 6. The van der Waals surface area contributed by atoms with Crippen LogP contribution in [0.4, 0.5) is 5.13 Å². The lowest BCUT2D eigenvalue weighted by molar-refractivity contribution is -0.112. The molecule has 0 spiro atoms. The number of benzene rings is 2. The molecule has 3 aromatic rings. The number of para-hydroxylation sites is 1. The summed E-state index contributed by atoms with van der Waals surface area (Å²) in [5, 5.41) is 14.5. The van der Waals surface area contributed by atoms with Gasteiger partial charge < -0.3 is 9.47 Å². The van der Waals surface area contributed by atoms with E-state index in [1.807, 2.05) is 60.8 Å². The number of rotatable bonds is 8. The van der Waals surface area contributed by atoms with Gasteiger partial charge in [0.05, 0.1) is 19.4 Å². The number of nitrogens with one attached hydrogen (secondary N) is 1. The van der Waals surface area contributed by atoms with Crippen molar-refractivity contribution in [3.63, 3.8) is 0 Å². The number of thiazole rings is 1. The SMILES string of the molecule is CCCOc1ccccc1/C=C(\C#N)C(=O)Nc1nc(-c2ccc(OC)cc2)cs1. The molecule has 0 aliphatic heterocycles. The van der Waals surface area contributed by atoms with E-state index in [1.54, 1.807) is 13.2 Å². The number of nitriles is 1. The monoisotopic (exact) mass is 419 g/mol. The summed E-state index contributed by atoms with van der Waals surface area (Å²) < 4.78 is 10.9. The fourth-order valence-electron chi connectivity index (χ4n) is 2.64.